The number of aromatic carboxylic acids is 1. The molecule has 0 fully saturated rings. The number of nitro benzene ring substituents is 1. The maximum absolute atomic E-state index is 11.0. The van der Waals surface area contributed by atoms with Gasteiger partial charge in [-0.3, -0.25) is 14.8 Å². The van der Waals surface area contributed by atoms with Crippen LogP contribution in [0.1, 0.15) is 21.6 Å². The fourth-order valence-electron chi connectivity index (χ4n) is 1.87. The molecule has 0 atom stereocenters. The summed E-state index contributed by atoms with van der Waals surface area (Å²) in [6, 6.07) is 4.23. The van der Waals surface area contributed by atoms with Gasteiger partial charge in [-0.25, -0.2) is 4.79 Å². The van der Waals surface area contributed by atoms with Crippen LogP contribution in [0.3, 0.4) is 0 Å². The van der Waals surface area contributed by atoms with Gasteiger partial charge in [-0.1, -0.05) is 0 Å². The van der Waals surface area contributed by atoms with Gasteiger partial charge in [-0.05, 0) is 18.6 Å². The Kier molecular flexibility index (Phi) is 3.88. The third-order valence-corrected chi connectivity index (χ3v) is 3.03. The average Bonchev–Trinajstić information content (AvgIpc) is 2.78. The molecule has 0 saturated carbocycles. The highest BCUT2D eigenvalue weighted by atomic mass is 16.6. The van der Waals surface area contributed by atoms with Gasteiger partial charge in [-0.2, -0.15) is 5.10 Å². The SMILES string of the molecule is Cc1cc([N+](=O)[O-])ccc1OCc1c(C(=O)O)cnn1C. The summed E-state index contributed by atoms with van der Waals surface area (Å²) in [5, 5.41) is 23.6. The van der Waals surface area contributed by atoms with E-state index in [-0.39, 0.29) is 17.9 Å². The van der Waals surface area contributed by atoms with Crippen molar-refractivity contribution in [2.45, 2.75) is 13.5 Å². The highest BCUT2D eigenvalue weighted by Gasteiger charge is 2.16. The molecular formula is C13H13N3O5. The molecule has 0 aliphatic heterocycles. The smallest absolute Gasteiger partial charge is 0.339 e. The van der Waals surface area contributed by atoms with Crippen molar-refractivity contribution in [2.75, 3.05) is 0 Å². The van der Waals surface area contributed by atoms with Crippen molar-refractivity contribution < 1.29 is 19.6 Å². The molecule has 0 aliphatic carbocycles. The van der Waals surface area contributed by atoms with Crippen molar-refractivity contribution in [3.63, 3.8) is 0 Å². The predicted octanol–water partition coefficient (Wildman–Crippen LogP) is 1.91. The van der Waals surface area contributed by atoms with E-state index in [0.29, 0.717) is 17.0 Å². The highest BCUT2D eigenvalue weighted by molar-refractivity contribution is 5.88. The summed E-state index contributed by atoms with van der Waals surface area (Å²) < 4.78 is 6.96. The van der Waals surface area contributed by atoms with Gasteiger partial charge < -0.3 is 9.84 Å². The van der Waals surface area contributed by atoms with Crippen LogP contribution in [0.4, 0.5) is 5.69 Å². The first-order valence-electron chi connectivity index (χ1n) is 6.02. The van der Waals surface area contributed by atoms with Crippen LogP contribution < -0.4 is 4.74 Å². The monoisotopic (exact) mass is 291 g/mol. The number of hydrogen-bond acceptors (Lipinski definition) is 5. The van der Waals surface area contributed by atoms with E-state index in [4.69, 9.17) is 9.84 Å². The van der Waals surface area contributed by atoms with Crippen molar-refractivity contribution in [3.8, 4) is 5.75 Å². The largest absolute Gasteiger partial charge is 0.487 e. The minimum atomic E-state index is -1.08. The van der Waals surface area contributed by atoms with E-state index in [9.17, 15) is 14.9 Å². The van der Waals surface area contributed by atoms with Gasteiger partial charge in [0.2, 0.25) is 0 Å². The summed E-state index contributed by atoms with van der Waals surface area (Å²) in [4.78, 5) is 21.2. The molecule has 0 amide bonds. The van der Waals surface area contributed by atoms with Gasteiger partial charge >= 0.3 is 5.97 Å². The molecule has 0 saturated heterocycles. The Bertz CT molecular complexity index is 708. The summed E-state index contributed by atoms with van der Waals surface area (Å²) in [6.07, 6.45) is 1.25. The van der Waals surface area contributed by atoms with Crippen LogP contribution in [0.15, 0.2) is 24.4 Å². The Hall–Kier alpha value is -2.90. The molecular weight excluding hydrogens is 278 g/mol. The lowest BCUT2D eigenvalue weighted by Gasteiger charge is -2.10. The molecule has 1 heterocycles. The molecule has 1 aromatic carbocycles. The van der Waals surface area contributed by atoms with E-state index in [1.54, 1.807) is 14.0 Å². The lowest BCUT2D eigenvalue weighted by Crippen LogP contribution is -2.09. The van der Waals surface area contributed by atoms with Crippen molar-refractivity contribution >= 4 is 11.7 Å². The maximum Gasteiger partial charge on any atom is 0.339 e. The number of aryl methyl sites for hydroxylation is 2. The van der Waals surface area contributed by atoms with E-state index in [1.807, 2.05) is 0 Å². The van der Waals surface area contributed by atoms with Crippen LogP contribution in [-0.2, 0) is 13.7 Å². The van der Waals surface area contributed by atoms with Gasteiger partial charge in [0.1, 0.15) is 17.9 Å². The first-order valence-corrected chi connectivity index (χ1v) is 6.02. The lowest BCUT2D eigenvalue weighted by atomic mass is 10.2. The van der Waals surface area contributed by atoms with Crippen LogP contribution in [0, 0.1) is 17.0 Å². The summed E-state index contributed by atoms with van der Waals surface area (Å²) in [7, 11) is 1.62. The number of carboxylic acid groups (broad SMARTS) is 1. The van der Waals surface area contributed by atoms with Crippen molar-refractivity contribution in [2.24, 2.45) is 7.05 Å². The molecule has 0 bridgehead atoms. The zero-order valence-corrected chi connectivity index (χ0v) is 11.4. The number of nitro groups is 1. The van der Waals surface area contributed by atoms with Crippen molar-refractivity contribution in [1.29, 1.82) is 0 Å². The molecule has 1 N–H and O–H groups in total. The zero-order chi connectivity index (χ0) is 15.6. The van der Waals surface area contributed by atoms with Gasteiger partial charge in [-0.15, -0.1) is 0 Å². The second-order valence-corrected chi connectivity index (χ2v) is 4.43. The van der Waals surface area contributed by atoms with Crippen LogP contribution in [0.5, 0.6) is 5.75 Å². The first kappa shape index (κ1) is 14.5. The average molecular weight is 291 g/mol. The number of carboxylic acids is 1. The number of carbonyl (C=O) groups is 1. The van der Waals surface area contributed by atoms with E-state index >= 15 is 0 Å². The topological polar surface area (TPSA) is 107 Å². The lowest BCUT2D eigenvalue weighted by molar-refractivity contribution is -0.384. The van der Waals surface area contributed by atoms with Crippen LogP contribution in [0.2, 0.25) is 0 Å². The molecule has 8 heteroatoms. The standard InChI is InChI=1S/C13H13N3O5/c1-8-5-9(16(19)20)3-4-12(8)21-7-11-10(13(17)18)6-14-15(11)2/h3-6H,7H2,1-2H3,(H,17,18). The third kappa shape index (κ3) is 2.99. The molecule has 2 rings (SSSR count). The summed E-state index contributed by atoms with van der Waals surface area (Å²) >= 11 is 0. The molecule has 0 unspecified atom stereocenters. The zero-order valence-electron chi connectivity index (χ0n) is 11.4. The van der Waals surface area contributed by atoms with Gasteiger partial charge in [0.25, 0.3) is 5.69 Å². The van der Waals surface area contributed by atoms with Gasteiger partial charge in [0, 0.05) is 19.2 Å². The fourth-order valence-corrected chi connectivity index (χ4v) is 1.87. The number of benzene rings is 1. The fraction of sp³-hybridized carbons (Fsp3) is 0.231. The number of non-ortho nitro benzene ring substituents is 1. The van der Waals surface area contributed by atoms with Gasteiger partial charge in [0.15, 0.2) is 0 Å². The second-order valence-electron chi connectivity index (χ2n) is 4.43. The third-order valence-electron chi connectivity index (χ3n) is 3.03. The molecule has 1 aromatic heterocycles. The number of rotatable bonds is 5. The van der Waals surface area contributed by atoms with E-state index in [1.165, 1.54) is 29.1 Å². The van der Waals surface area contributed by atoms with Crippen LogP contribution in [0.25, 0.3) is 0 Å². The quantitative estimate of drug-likeness (QED) is 0.666. The normalized spacial score (nSPS) is 10.4. The number of ether oxygens (including phenoxy) is 1. The summed E-state index contributed by atoms with van der Waals surface area (Å²) in [6.45, 7) is 1.69. The predicted molar refractivity (Wildman–Crippen MR) is 72.3 cm³/mol. The number of hydrogen-bond donors (Lipinski definition) is 1. The molecule has 21 heavy (non-hydrogen) atoms. The molecule has 110 valence electrons. The minimum Gasteiger partial charge on any atom is -0.487 e. The van der Waals surface area contributed by atoms with E-state index < -0.39 is 10.9 Å². The molecule has 0 aliphatic rings. The molecule has 2 aromatic rings. The number of nitrogens with zero attached hydrogens (tertiary/aromatic N) is 3. The van der Waals surface area contributed by atoms with Crippen molar-refractivity contribution in [3.05, 3.63) is 51.3 Å². The highest BCUT2D eigenvalue weighted by Crippen LogP contribution is 2.24. The van der Waals surface area contributed by atoms with E-state index in [2.05, 4.69) is 5.10 Å². The Balaban J connectivity index is 2.19. The molecule has 0 radical (unpaired) electrons. The molecule has 0 spiro atoms. The minimum absolute atomic E-state index is 0.0107. The van der Waals surface area contributed by atoms with Crippen LogP contribution in [-0.4, -0.2) is 25.8 Å². The second kappa shape index (κ2) is 5.61. The first-order chi connectivity index (χ1) is 9.90. The maximum atomic E-state index is 11.0. The van der Waals surface area contributed by atoms with Gasteiger partial charge in [0.05, 0.1) is 16.8 Å². The molecule has 8 nitrogen and oxygen atoms in total. The number of aromatic nitrogens is 2. The van der Waals surface area contributed by atoms with Crippen molar-refractivity contribution in [1.82, 2.24) is 9.78 Å². The van der Waals surface area contributed by atoms with Crippen LogP contribution >= 0.6 is 0 Å². The Morgan fingerprint density at radius 2 is 2.24 bits per heavy atom. The Morgan fingerprint density at radius 1 is 1.52 bits per heavy atom. The Morgan fingerprint density at radius 3 is 2.81 bits per heavy atom. The Labute approximate surface area is 119 Å². The summed E-state index contributed by atoms with van der Waals surface area (Å²) in [5.41, 5.74) is 1.06. The summed E-state index contributed by atoms with van der Waals surface area (Å²) in [5.74, 6) is -0.625. The van der Waals surface area contributed by atoms with E-state index in [0.717, 1.165) is 0 Å².